The fourth-order valence-electron chi connectivity index (χ4n) is 2.30. The van der Waals surface area contributed by atoms with Gasteiger partial charge < -0.3 is 5.11 Å². The first-order chi connectivity index (χ1) is 9.66. The van der Waals surface area contributed by atoms with Gasteiger partial charge in [0.1, 0.15) is 11.9 Å². The number of hydrogen-bond donors (Lipinski definition) is 1. The minimum atomic E-state index is -1.01. The van der Waals surface area contributed by atoms with E-state index in [0.717, 1.165) is 10.9 Å². The van der Waals surface area contributed by atoms with Crippen LogP contribution in [0.4, 0.5) is 4.39 Å². The molecule has 2 aromatic carbocycles. The minimum Gasteiger partial charge on any atom is -0.383 e. The van der Waals surface area contributed by atoms with E-state index < -0.39 is 6.10 Å². The highest BCUT2D eigenvalue weighted by atomic mass is 19.1. The van der Waals surface area contributed by atoms with Crippen LogP contribution in [0.5, 0.6) is 0 Å². The Morgan fingerprint density at radius 2 is 1.90 bits per heavy atom. The quantitative estimate of drug-likeness (QED) is 0.766. The second-order valence-electron chi connectivity index (χ2n) is 4.84. The summed E-state index contributed by atoms with van der Waals surface area (Å²) in [5.74, 6) is -0.367. The number of halogens is 1. The first-order valence-electron chi connectivity index (χ1n) is 6.44. The predicted molar refractivity (Wildman–Crippen MR) is 76.9 cm³/mol. The summed E-state index contributed by atoms with van der Waals surface area (Å²) in [4.78, 5) is 4.30. The second-order valence-corrected chi connectivity index (χ2v) is 4.84. The summed E-state index contributed by atoms with van der Waals surface area (Å²) in [6, 6.07) is 14.5. The van der Waals surface area contributed by atoms with Crippen LogP contribution in [0.3, 0.4) is 0 Å². The number of aliphatic hydroxyl groups is 1. The zero-order valence-electron chi connectivity index (χ0n) is 11.0. The molecule has 3 heteroatoms. The van der Waals surface area contributed by atoms with Gasteiger partial charge in [-0.15, -0.1) is 0 Å². The molecule has 1 atom stereocenters. The number of rotatable bonds is 2. The van der Waals surface area contributed by atoms with Gasteiger partial charge in [0.25, 0.3) is 0 Å². The number of nitrogens with zero attached hydrogens (tertiary/aromatic N) is 1. The van der Waals surface area contributed by atoms with Crippen LogP contribution in [0.25, 0.3) is 10.9 Å². The summed E-state index contributed by atoms with van der Waals surface area (Å²) in [6.07, 6.45) is 0.585. The summed E-state index contributed by atoms with van der Waals surface area (Å²) >= 11 is 0. The fraction of sp³-hybridized carbons (Fsp3) is 0.118. The van der Waals surface area contributed by atoms with Gasteiger partial charge in [0, 0.05) is 22.7 Å². The zero-order chi connectivity index (χ0) is 14.1. The molecule has 2 nitrogen and oxygen atoms in total. The maximum Gasteiger partial charge on any atom is 0.132 e. The average Bonchev–Trinajstić information content (AvgIpc) is 2.49. The number of benzene rings is 2. The Balaban J connectivity index is 2.08. The van der Waals surface area contributed by atoms with Crippen molar-refractivity contribution in [2.24, 2.45) is 0 Å². The Hall–Kier alpha value is -2.26. The summed E-state index contributed by atoms with van der Waals surface area (Å²) < 4.78 is 14.1. The number of aromatic nitrogens is 1. The highest BCUT2D eigenvalue weighted by molar-refractivity contribution is 5.78. The van der Waals surface area contributed by atoms with Crippen LogP contribution in [0.15, 0.2) is 54.7 Å². The first kappa shape index (κ1) is 12.8. The van der Waals surface area contributed by atoms with Gasteiger partial charge in [0.2, 0.25) is 0 Å². The summed E-state index contributed by atoms with van der Waals surface area (Å²) in [6.45, 7) is 1.68. The van der Waals surface area contributed by atoms with Gasteiger partial charge in [-0.2, -0.15) is 0 Å². The molecule has 1 N–H and O–H groups in total. The van der Waals surface area contributed by atoms with Crippen LogP contribution >= 0.6 is 0 Å². The van der Waals surface area contributed by atoms with Crippen molar-refractivity contribution in [1.82, 2.24) is 4.98 Å². The molecule has 0 fully saturated rings. The van der Waals surface area contributed by atoms with Gasteiger partial charge in [-0.1, -0.05) is 36.4 Å². The molecule has 0 aliphatic heterocycles. The lowest BCUT2D eigenvalue weighted by atomic mass is 9.99. The molecule has 0 radical (unpaired) electrons. The fourth-order valence-corrected chi connectivity index (χ4v) is 2.30. The molecule has 100 valence electrons. The lowest BCUT2D eigenvalue weighted by Crippen LogP contribution is -2.04. The van der Waals surface area contributed by atoms with Gasteiger partial charge in [-0.25, -0.2) is 4.39 Å². The molecule has 0 aliphatic carbocycles. The lowest BCUT2D eigenvalue weighted by molar-refractivity contribution is 0.214. The van der Waals surface area contributed by atoms with Gasteiger partial charge in [0.15, 0.2) is 0 Å². The Bertz CT molecular complexity index is 770. The molecule has 1 aromatic heterocycles. The lowest BCUT2D eigenvalue weighted by Gasteiger charge is -2.13. The highest BCUT2D eigenvalue weighted by Crippen LogP contribution is 2.27. The van der Waals surface area contributed by atoms with Crippen molar-refractivity contribution >= 4 is 10.9 Å². The topological polar surface area (TPSA) is 33.1 Å². The number of hydrogen-bond acceptors (Lipinski definition) is 2. The standard InChI is InChI=1S/C17H14FNO/c1-11-5-4-7-14(16(11)18)17(20)13-9-12-6-2-3-8-15(12)19-10-13/h2-10,17,20H,1H3. The number of aryl methyl sites for hydroxylation is 1. The van der Waals surface area contributed by atoms with Crippen LogP contribution in [-0.4, -0.2) is 10.1 Å². The Morgan fingerprint density at radius 3 is 2.75 bits per heavy atom. The van der Waals surface area contributed by atoms with E-state index >= 15 is 0 Å². The zero-order valence-corrected chi connectivity index (χ0v) is 11.0. The number of aliphatic hydroxyl groups excluding tert-OH is 1. The number of pyridine rings is 1. The summed E-state index contributed by atoms with van der Waals surface area (Å²) in [7, 11) is 0. The number of para-hydroxylation sites is 1. The van der Waals surface area contributed by atoms with Gasteiger partial charge in [-0.05, 0) is 24.6 Å². The first-order valence-corrected chi connectivity index (χ1v) is 6.44. The molecule has 0 saturated carbocycles. The molecule has 1 unspecified atom stereocenters. The van der Waals surface area contributed by atoms with Crippen molar-refractivity contribution in [3.8, 4) is 0 Å². The third kappa shape index (κ3) is 2.17. The van der Waals surface area contributed by atoms with E-state index in [2.05, 4.69) is 4.98 Å². The van der Waals surface area contributed by atoms with Crippen molar-refractivity contribution in [3.05, 3.63) is 77.2 Å². The third-order valence-corrected chi connectivity index (χ3v) is 3.44. The van der Waals surface area contributed by atoms with E-state index in [9.17, 15) is 9.50 Å². The highest BCUT2D eigenvalue weighted by Gasteiger charge is 2.16. The Morgan fingerprint density at radius 1 is 1.10 bits per heavy atom. The molecule has 3 aromatic rings. The van der Waals surface area contributed by atoms with Crippen LogP contribution in [-0.2, 0) is 0 Å². The van der Waals surface area contributed by atoms with Crippen LogP contribution in [0.1, 0.15) is 22.8 Å². The molecule has 20 heavy (non-hydrogen) atoms. The van der Waals surface area contributed by atoms with Crippen molar-refractivity contribution < 1.29 is 9.50 Å². The maximum atomic E-state index is 14.1. The summed E-state index contributed by atoms with van der Waals surface area (Å²) in [5.41, 5.74) is 2.25. The molecular weight excluding hydrogens is 253 g/mol. The SMILES string of the molecule is Cc1cccc(C(O)c2cnc3ccccc3c2)c1F. The van der Waals surface area contributed by atoms with E-state index in [1.54, 1.807) is 31.3 Å². The third-order valence-electron chi connectivity index (χ3n) is 3.44. The van der Waals surface area contributed by atoms with Crippen molar-refractivity contribution in [1.29, 1.82) is 0 Å². The van der Waals surface area contributed by atoms with E-state index in [4.69, 9.17) is 0 Å². The van der Waals surface area contributed by atoms with E-state index in [-0.39, 0.29) is 11.4 Å². The average molecular weight is 267 g/mol. The molecular formula is C17H14FNO. The van der Waals surface area contributed by atoms with Gasteiger partial charge in [-0.3, -0.25) is 4.98 Å². The minimum absolute atomic E-state index is 0.280. The van der Waals surface area contributed by atoms with E-state index in [1.807, 2.05) is 30.3 Å². The van der Waals surface area contributed by atoms with Crippen molar-refractivity contribution in [3.63, 3.8) is 0 Å². The molecule has 1 heterocycles. The molecule has 3 rings (SSSR count). The number of fused-ring (bicyclic) bond motifs is 1. The predicted octanol–water partition coefficient (Wildman–Crippen LogP) is 3.76. The maximum absolute atomic E-state index is 14.1. The monoisotopic (exact) mass is 267 g/mol. The van der Waals surface area contributed by atoms with Crippen LogP contribution < -0.4 is 0 Å². The largest absolute Gasteiger partial charge is 0.383 e. The van der Waals surface area contributed by atoms with Gasteiger partial charge >= 0.3 is 0 Å². The molecule has 0 saturated heterocycles. The Kier molecular flexibility index (Phi) is 3.20. The Labute approximate surface area is 116 Å². The van der Waals surface area contributed by atoms with Crippen molar-refractivity contribution in [2.45, 2.75) is 13.0 Å². The summed E-state index contributed by atoms with van der Waals surface area (Å²) in [5, 5.41) is 11.3. The smallest absolute Gasteiger partial charge is 0.132 e. The second kappa shape index (κ2) is 5.02. The van der Waals surface area contributed by atoms with E-state index in [0.29, 0.717) is 11.1 Å². The van der Waals surface area contributed by atoms with Gasteiger partial charge in [0.05, 0.1) is 5.52 Å². The normalized spacial score (nSPS) is 12.6. The molecule has 0 spiro atoms. The molecule has 0 bridgehead atoms. The van der Waals surface area contributed by atoms with Crippen LogP contribution in [0, 0.1) is 12.7 Å². The van der Waals surface area contributed by atoms with Crippen molar-refractivity contribution in [2.75, 3.05) is 0 Å². The molecule has 0 amide bonds. The molecule has 0 aliphatic rings. The van der Waals surface area contributed by atoms with Crippen LogP contribution in [0.2, 0.25) is 0 Å². The van der Waals surface area contributed by atoms with E-state index in [1.165, 1.54) is 0 Å².